The third-order valence-electron chi connectivity index (χ3n) is 4.07. The van der Waals surface area contributed by atoms with Crippen molar-refractivity contribution in [1.29, 1.82) is 0 Å². The van der Waals surface area contributed by atoms with Gasteiger partial charge < -0.3 is 9.15 Å². The Labute approximate surface area is 145 Å². The van der Waals surface area contributed by atoms with E-state index in [4.69, 9.17) is 9.15 Å². The molecular formula is C20H21NO4. The molecule has 1 aromatic heterocycles. The van der Waals surface area contributed by atoms with Gasteiger partial charge in [0.05, 0.1) is 24.1 Å². The summed E-state index contributed by atoms with van der Waals surface area (Å²) in [7, 11) is 0. The quantitative estimate of drug-likeness (QED) is 0.690. The molecule has 0 bridgehead atoms. The average Bonchev–Trinajstić information content (AvgIpc) is 2.59. The van der Waals surface area contributed by atoms with E-state index >= 15 is 0 Å². The van der Waals surface area contributed by atoms with Crippen LogP contribution >= 0.6 is 0 Å². The van der Waals surface area contributed by atoms with Gasteiger partial charge in [-0.3, -0.25) is 4.57 Å². The molecule has 25 heavy (non-hydrogen) atoms. The number of rotatable bonds is 6. The van der Waals surface area contributed by atoms with Crippen molar-refractivity contribution in [1.82, 2.24) is 4.57 Å². The Hall–Kier alpha value is -2.82. The molecule has 5 nitrogen and oxygen atoms in total. The Bertz CT molecular complexity index is 985. The van der Waals surface area contributed by atoms with Crippen LogP contribution in [0.15, 0.2) is 62.5 Å². The summed E-state index contributed by atoms with van der Waals surface area (Å²) < 4.78 is 12.2. The number of ether oxygens (including phenoxy) is 1. The van der Waals surface area contributed by atoms with Crippen LogP contribution in [0.3, 0.4) is 0 Å². The van der Waals surface area contributed by atoms with Gasteiger partial charge in [0.15, 0.2) is 0 Å². The second-order valence-corrected chi connectivity index (χ2v) is 6.40. The standard InChI is InChI=1S/C20H21NO4/c1-14(2)11-12-24-18-10-6-3-7-15(18)13-21-17-9-5-4-8-16(17)19(22)25-20(21)23/h3-10,14H,11-13H2,1-2H3. The van der Waals surface area contributed by atoms with Gasteiger partial charge in [0, 0.05) is 5.56 Å². The van der Waals surface area contributed by atoms with Crippen LogP contribution in [-0.4, -0.2) is 11.2 Å². The second-order valence-electron chi connectivity index (χ2n) is 6.40. The van der Waals surface area contributed by atoms with E-state index in [1.807, 2.05) is 24.3 Å². The highest BCUT2D eigenvalue weighted by atomic mass is 16.5. The molecule has 0 atom stereocenters. The van der Waals surface area contributed by atoms with Gasteiger partial charge in [-0.2, -0.15) is 0 Å². The fourth-order valence-corrected chi connectivity index (χ4v) is 2.67. The molecule has 0 aliphatic rings. The molecular weight excluding hydrogens is 318 g/mol. The van der Waals surface area contributed by atoms with Crippen molar-refractivity contribution in [2.45, 2.75) is 26.8 Å². The minimum Gasteiger partial charge on any atom is -0.493 e. The summed E-state index contributed by atoms with van der Waals surface area (Å²) in [5.74, 6) is 0.633. The first-order valence-electron chi connectivity index (χ1n) is 8.39. The predicted molar refractivity (Wildman–Crippen MR) is 97.2 cm³/mol. The highest BCUT2D eigenvalue weighted by Gasteiger charge is 2.12. The van der Waals surface area contributed by atoms with Crippen molar-refractivity contribution in [3.63, 3.8) is 0 Å². The van der Waals surface area contributed by atoms with Gasteiger partial charge in [-0.05, 0) is 30.5 Å². The number of aromatic nitrogens is 1. The summed E-state index contributed by atoms with van der Waals surface area (Å²) in [4.78, 5) is 24.1. The van der Waals surface area contributed by atoms with Crippen LogP contribution in [0.1, 0.15) is 25.8 Å². The number of hydrogen-bond donors (Lipinski definition) is 0. The van der Waals surface area contributed by atoms with Crippen molar-refractivity contribution >= 4 is 10.9 Å². The van der Waals surface area contributed by atoms with Gasteiger partial charge in [-0.25, -0.2) is 9.59 Å². The van der Waals surface area contributed by atoms with Gasteiger partial charge in [-0.15, -0.1) is 0 Å². The van der Waals surface area contributed by atoms with E-state index in [0.717, 1.165) is 17.7 Å². The van der Waals surface area contributed by atoms with Gasteiger partial charge in [-0.1, -0.05) is 44.2 Å². The van der Waals surface area contributed by atoms with E-state index in [2.05, 4.69) is 13.8 Å². The van der Waals surface area contributed by atoms with Crippen LogP contribution in [-0.2, 0) is 6.54 Å². The van der Waals surface area contributed by atoms with Crippen LogP contribution in [0.2, 0.25) is 0 Å². The summed E-state index contributed by atoms with van der Waals surface area (Å²) >= 11 is 0. The van der Waals surface area contributed by atoms with Crippen LogP contribution in [0, 0.1) is 5.92 Å². The number of para-hydroxylation sites is 2. The van der Waals surface area contributed by atoms with Crippen molar-refractivity contribution in [3.05, 3.63) is 75.1 Å². The van der Waals surface area contributed by atoms with E-state index in [0.29, 0.717) is 23.4 Å². The molecule has 3 rings (SSSR count). The molecule has 3 aromatic rings. The molecule has 0 aliphatic carbocycles. The van der Waals surface area contributed by atoms with Crippen molar-refractivity contribution in [2.75, 3.05) is 6.61 Å². The largest absolute Gasteiger partial charge is 0.493 e. The van der Waals surface area contributed by atoms with Crippen molar-refractivity contribution in [2.24, 2.45) is 5.92 Å². The zero-order valence-corrected chi connectivity index (χ0v) is 14.4. The summed E-state index contributed by atoms with van der Waals surface area (Å²) in [6.07, 6.45) is 0.956. The van der Waals surface area contributed by atoms with Gasteiger partial charge in [0.2, 0.25) is 0 Å². The van der Waals surface area contributed by atoms with Crippen LogP contribution in [0.25, 0.3) is 10.9 Å². The highest BCUT2D eigenvalue weighted by molar-refractivity contribution is 5.77. The maximum absolute atomic E-state index is 12.2. The summed E-state index contributed by atoms with van der Waals surface area (Å²) in [6.45, 7) is 5.19. The molecule has 0 radical (unpaired) electrons. The number of fused-ring (bicyclic) bond motifs is 1. The molecule has 130 valence electrons. The molecule has 0 amide bonds. The summed E-state index contributed by atoms with van der Waals surface area (Å²) in [5, 5.41) is 0.389. The van der Waals surface area contributed by atoms with Gasteiger partial charge in [0.25, 0.3) is 0 Å². The Morgan fingerprint density at radius 2 is 1.76 bits per heavy atom. The van der Waals surface area contributed by atoms with Crippen molar-refractivity contribution < 1.29 is 9.15 Å². The molecule has 5 heteroatoms. The number of nitrogens with zero attached hydrogens (tertiary/aromatic N) is 1. The lowest BCUT2D eigenvalue weighted by Crippen LogP contribution is -2.25. The fourth-order valence-electron chi connectivity index (χ4n) is 2.67. The lowest BCUT2D eigenvalue weighted by Gasteiger charge is -2.14. The van der Waals surface area contributed by atoms with E-state index in [9.17, 15) is 9.59 Å². The molecule has 0 aliphatic heterocycles. The zero-order chi connectivity index (χ0) is 17.8. The summed E-state index contributed by atoms with van der Waals surface area (Å²) in [6, 6.07) is 14.5. The number of hydrogen-bond acceptors (Lipinski definition) is 4. The fraction of sp³-hybridized carbons (Fsp3) is 0.300. The molecule has 0 N–H and O–H groups in total. The molecule has 2 aromatic carbocycles. The van der Waals surface area contributed by atoms with E-state index in [1.54, 1.807) is 24.3 Å². The molecule has 0 saturated carbocycles. The van der Waals surface area contributed by atoms with Gasteiger partial charge in [0.1, 0.15) is 5.75 Å². The molecule has 0 saturated heterocycles. The minimum atomic E-state index is -0.666. The smallest absolute Gasteiger partial charge is 0.422 e. The molecule has 0 unspecified atom stereocenters. The SMILES string of the molecule is CC(C)CCOc1ccccc1Cn1c(=O)oc(=O)c2ccccc21. The Balaban J connectivity index is 1.97. The Morgan fingerprint density at radius 3 is 2.56 bits per heavy atom. The van der Waals surface area contributed by atoms with E-state index < -0.39 is 11.4 Å². The van der Waals surface area contributed by atoms with Crippen LogP contribution in [0.4, 0.5) is 0 Å². The lowest BCUT2D eigenvalue weighted by atomic mass is 10.1. The Kier molecular flexibility index (Phi) is 5.03. The topological polar surface area (TPSA) is 61.4 Å². The highest BCUT2D eigenvalue weighted by Crippen LogP contribution is 2.20. The Morgan fingerprint density at radius 1 is 1.04 bits per heavy atom. The normalized spacial score (nSPS) is 11.2. The average molecular weight is 339 g/mol. The monoisotopic (exact) mass is 339 g/mol. The van der Waals surface area contributed by atoms with Crippen molar-refractivity contribution in [3.8, 4) is 5.75 Å². The van der Waals surface area contributed by atoms with E-state index in [1.165, 1.54) is 4.57 Å². The van der Waals surface area contributed by atoms with Gasteiger partial charge >= 0.3 is 11.4 Å². The van der Waals surface area contributed by atoms with Crippen LogP contribution in [0.5, 0.6) is 5.75 Å². The predicted octanol–water partition coefficient (Wildman–Crippen LogP) is 3.43. The zero-order valence-electron chi connectivity index (χ0n) is 14.4. The first-order chi connectivity index (χ1) is 12.1. The third kappa shape index (κ3) is 3.82. The molecule has 0 fully saturated rings. The van der Waals surface area contributed by atoms with Crippen LogP contribution < -0.4 is 16.1 Å². The maximum atomic E-state index is 12.2. The third-order valence-corrected chi connectivity index (χ3v) is 4.07. The molecule has 1 heterocycles. The summed E-state index contributed by atoms with van der Waals surface area (Å²) in [5.41, 5.74) is 0.811. The lowest BCUT2D eigenvalue weighted by molar-refractivity contribution is 0.286. The first kappa shape index (κ1) is 17.0. The minimum absolute atomic E-state index is 0.279. The van der Waals surface area contributed by atoms with E-state index in [-0.39, 0.29) is 6.54 Å². The second kappa shape index (κ2) is 7.38. The molecule has 0 spiro atoms. The number of benzene rings is 2. The first-order valence-corrected chi connectivity index (χ1v) is 8.39. The maximum Gasteiger partial charge on any atom is 0.422 e.